The Morgan fingerprint density at radius 3 is 2.50 bits per heavy atom. The zero-order valence-corrected chi connectivity index (χ0v) is 18.5. The minimum atomic E-state index is -3.02. The van der Waals surface area contributed by atoms with Gasteiger partial charge in [0, 0.05) is 19.1 Å². The van der Waals surface area contributed by atoms with Gasteiger partial charge in [0.1, 0.15) is 24.2 Å². The number of sulfone groups is 1. The van der Waals surface area contributed by atoms with Crippen molar-refractivity contribution in [2.24, 2.45) is 0 Å². The average molecular weight is 434 g/mol. The highest BCUT2D eigenvalue weighted by Gasteiger charge is 2.33. The Bertz CT molecular complexity index is 913. The summed E-state index contributed by atoms with van der Waals surface area (Å²) in [5, 5.41) is 10.6. The molecule has 2 aromatic rings. The Hall–Kier alpha value is -2.09. The summed E-state index contributed by atoms with van der Waals surface area (Å²) in [7, 11) is -3.02. The molecule has 3 rings (SSSR count). The molecule has 1 aliphatic heterocycles. The summed E-state index contributed by atoms with van der Waals surface area (Å²) in [5.41, 5.74) is 2.06. The third kappa shape index (κ3) is 6.45. The largest absolute Gasteiger partial charge is 0.494 e. The highest BCUT2D eigenvalue weighted by atomic mass is 32.2. The number of aliphatic hydroxyl groups is 1. The van der Waals surface area contributed by atoms with E-state index in [-0.39, 0.29) is 24.2 Å². The Balaban J connectivity index is 1.65. The van der Waals surface area contributed by atoms with Crippen LogP contribution in [0.1, 0.15) is 24.5 Å². The van der Waals surface area contributed by atoms with Gasteiger partial charge in [-0.05, 0) is 49.6 Å². The topological polar surface area (TPSA) is 76.1 Å². The van der Waals surface area contributed by atoms with Crippen molar-refractivity contribution < 1.29 is 23.0 Å². The molecule has 2 atom stereocenters. The van der Waals surface area contributed by atoms with Crippen LogP contribution in [0.2, 0.25) is 0 Å². The summed E-state index contributed by atoms with van der Waals surface area (Å²) in [6.07, 6.45) is -0.138. The Labute approximate surface area is 179 Å². The van der Waals surface area contributed by atoms with Crippen LogP contribution in [0.15, 0.2) is 48.5 Å². The molecule has 1 aliphatic rings. The van der Waals surface area contributed by atoms with E-state index < -0.39 is 15.9 Å². The standard InChI is InChI=1S/C23H31NO5S/c1-3-28-22-10-8-19(9-11-22)14-24(20-12-13-30(26,27)17-20)15-21(25)16-29-23-7-5-4-6-18(23)2/h4-11,20-21,25H,3,12-17H2,1-2H3. The van der Waals surface area contributed by atoms with Crippen molar-refractivity contribution in [2.45, 2.75) is 39.0 Å². The summed E-state index contributed by atoms with van der Waals surface area (Å²) in [4.78, 5) is 2.06. The monoisotopic (exact) mass is 433 g/mol. The van der Waals surface area contributed by atoms with E-state index in [0.29, 0.717) is 26.1 Å². The molecule has 7 heteroatoms. The maximum Gasteiger partial charge on any atom is 0.151 e. The van der Waals surface area contributed by atoms with Crippen LogP contribution in [0.5, 0.6) is 11.5 Å². The molecule has 0 amide bonds. The highest BCUT2D eigenvalue weighted by Crippen LogP contribution is 2.22. The third-order valence-corrected chi connectivity index (χ3v) is 7.07. The lowest BCUT2D eigenvalue weighted by Gasteiger charge is -2.30. The lowest BCUT2D eigenvalue weighted by atomic mass is 10.1. The summed E-state index contributed by atoms with van der Waals surface area (Å²) in [6, 6.07) is 15.4. The number of aryl methyl sites for hydroxylation is 1. The molecule has 6 nitrogen and oxygen atoms in total. The Kier molecular flexibility index (Phi) is 7.75. The van der Waals surface area contributed by atoms with Gasteiger partial charge in [0.05, 0.1) is 18.1 Å². The average Bonchev–Trinajstić information content (AvgIpc) is 3.08. The van der Waals surface area contributed by atoms with E-state index >= 15 is 0 Å². The molecule has 0 aliphatic carbocycles. The number of ether oxygens (including phenoxy) is 2. The minimum absolute atomic E-state index is 0.102. The van der Waals surface area contributed by atoms with Crippen LogP contribution in [0, 0.1) is 6.92 Å². The van der Waals surface area contributed by atoms with Crippen molar-refractivity contribution >= 4 is 9.84 Å². The second-order valence-electron chi connectivity index (χ2n) is 7.79. The van der Waals surface area contributed by atoms with E-state index in [1.807, 2.05) is 62.4 Å². The van der Waals surface area contributed by atoms with Gasteiger partial charge in [0.25, 0.3) is 0 Å². The summed E-state index contributed by atoms with van der Waals surface area (Å²) in [6.45, 7) is 5.58. The van der Waals surface area contributed by atoms with Gasteiger partial charge in [-0.1, -0.05) is 30.3 Å². The normalized spacial score (nSPS) is 19.0. The third-order valence-electron chi connectivity index (χ3n) is 5.31. The van der Waals surface area contributed by atoms with Crippen molar-refractivity contribution in [3.63, 3.8) is 0 Å². The van der Waals surface area contributed by atoms with Crippen LogP contribution in [0.25, 0.3) is 0 Å². The van der Waals surface area contributed by atoms with Gasteiger partial charge in [-0.3, -0.25) is 4.90 Å². The quantitative estimate of drug-likeness (QED) is 0.621. The van der Waals surface area contributed by atoms with E-state index in [1.54, 1.807) is 0 Å². The molecule has 2 unspecified atom stereocenters. The number of para-hydroxylation sites is 1. The minimum Gasteiger partial charge on any atom is -0.494 e. The van der Waals surface area contributed by atoms with Gasteiger partial charge in [-0.25, -0.2) is 8.42 Å². The fourth-order valence-electron chi connectivity index (χ4n) is 3.73. The molecule has 0 saturated carbocycles. The Morgan fingerprint density at radius 1 is 1.13 bits per heavy atom. The molecule has 1 N–H and O–H groups in total. The van der Waals surface area contributed by atoms with E-state index in [0.717, 1.165) is 22.6 Å². The van der Waals surface area contributed by atoms with Crippen molar-refractivity contribution in [3.05, 3.63) is 59.7 Å². The fraction of sp³-hybridized carbons (Fsp3) is 0.478. The number of rotatable bonds is 10. The molecular weight excluding hydrogens is 402 g/mol. The first-order chi connectivity index (χ1) is 14.4. The van der Waals surface area contributed by atoms with Gasteiger partial charge < -0.3 is 14.6 Å². The Morgan fingerprint density at radius 2 is 1.87 bits per heavy atom. The van der Waals surface area contributed by atoms with Crippen LogP contribution >= 0.6 is 0 Å². The maximum atomic E-state index is 12.0. The van der Waals surface area contributed by atoms with Gasteiger partial charge in [0.2, 0.25) is 0 Å². The van der Waals surface area contributed by atoms with Crippen LogP contribution in [-0.2, 0) is 16.4 Å². The fourth-order valence-corrected chi connectivity index (χ4v) is 5.49. The summed E-state index contributed by atoms with van der Waals surface area (Å²) < 4.78 is 35.3. The molecular formula is C23H31NO5S. The highest BCUT2D eigenvalue weighted by molar-refractivity contribution is 7.91. The molecule has 0 spiro atoms. The number of hydrogen-bond acceptors (Lipinski definition) is 6. The van der Waals surface area contributed by atoms with Crippen LogP contribution in [0.4, 0.5) is 0 Å². The van der Waals surface area contributed by atoms with Crippen LogP contribution < -0.4 is 9.47 Å². The van der Waals surface area contributed by atoms with Crippen molar-refractivity contribution in [1.29, 1.82) is 0 Å². The molecule has 0 radical (unpaired) electrons. The molecule has 1 fully saturated rings. The predicted octanol–water partition coefficient (Wildman–Crippen LogP) is 2.82. The zero-order valence-electron chi connectivity index (χ0n) is 17.7. The van der Waals surface area contributed by atoms with Gasteiger partial charge in [0.15, 0.2) is 9.84 Å². The molecule has 0 aromatic heterocycles. The van der Waals surface area contributed by atoms with E-state index in [1.165, 1.54) is 0 Å². The van der Waals surface area contributed by atoms with Gasteiger partial charge >= 0.3 is 0 Å². The number of benzene rings is 2. The zero-order chi connectivity index (χ0) is 21.6. The van der Waals surface area contributed by atoms with E-state index in [9.17, 15) is 13.5 Å². The van der Waals surface area contributed by atoms with Crippen LogP contribution in [-0.4, -0.2) is 61.8 Å². The molecule has 0 bridgehead atoms. The lowest BCUT2D eigenvalue weighted by molar-refractivity contribution is 0.0523. The second-order valence-corrected chi connectivity index (χ2v) is 10.0. The number of aliphatic hydroxyl groups excluding tert-OH is 1. The van der Waals surface area contributed by atoms with E-state index in [4.69, 9.17) is 9.47 Å². The maximum absolute atomic E-state index is 12.0. The molecule has 164 valence electrons. The lowest BCUT2D eigenvalue weighted by Crippen LogP contribution is -2.42. The molecule has 1 heterocycles. The SMILES string of the molecule is CCOc1ccc(CN(CC(O)COc2ccccc2C)C2CCS(=O)(=O)C2)cc1. The first-order valence-corrected chi connectivity index (χ1v) is 12.2. The smallest absolute Gasteiger partial charge is 0.151 e. The van der Waals surface area contributed by atoms with Crippen molar-refractivity contribution in [2.75, 3.05) is 31.3 Å². The molecule has 2 aromatic carbocycles. The van der Waals surface area contributed by atoms with Crippen molar-refractivity contribution in [1.82, 2.24) is 4.90 Å². The summed E-state index contributed by atoms with van der Waals surface area (Å²) in [5.74, 6) is 1.89. The van der Waals surface area contributed by atoms with Crippen molar-refractivity contribution in [3.8, 4) is 11.5 Å². The van der Waals surface area contributed by atoms with Crippen LogP contribution in [0.3, 0.4) is 0 Å². The molecule has 30 heavy (non-hydrogen) atoms. The first-order valence-electron chi connectivity index (χ1n) is 10.4. The van der Waals surface area contributed by atoms with Gasteiger partial charge in [-0.2, -0.15) is 0 Å². The number of hydrogen-bond donors (Lipinski definition) is 1. The van der Waals surface area contributed by atoms with Gasteiger partial charge in [-0.15, -0.1) is 0 Å². The number of nitrogens with zero attached hydrogens (tertiary/aromatic N) is 1. The molecule has 1 saturated heterocycles. The predicted molar refractivity (Wildman–Crippen MR) is 118 cm³/mol. The van der Waals surface area contributed by atoms with E-state index in [2.05, 4.69) is 4.90 Å². The second kappa shape index (κ2) is 10.3. The summed E-state index contributed by atoms with van der Waals surface area (Å²) >= 11 is 0. The first kappa shape index (κ1) is 22.6.